The maximum absolute atomic E-state index is 6.14. The Morgan fingerprint density at radius 1 is 1.40 bits per heavy atom. The lowest BCUT2D eigenvalue weighted by molar-refractivity contribution is -0.147. The lowest BCUT2D eigenvalue weighted by atomic mass is 9.69. The topological polar surface area (TPSA) is 73.3 Å². The van der Waals surface area contributed by atoms with Crippen molar-refractivity contribution in [1.29, 1.82) is 0 Å². The smallest absolute Gasteiger partial charge is 0.0686 e. The van der Waals surface area contributed by atoms with Crippen LogP contribution in [0.25, 0.3) is 0 Å². The van der Waals surface area contributed by atoms with Gasteiger partial charge in [0.05, 0.1) is 11.6 Å². The highest BCUT2D eigenvalue weighted by Crippen LogP contribution is 2.47. The Bertz CT molecular complexity index is 490. The van der Waals surface area contributed by atoms with Gasteiger partial charge in [0.2, 0.25) is 0 Å². The quantitative estimate of drug-likeness (QED) is 0.449. The first-order valence-corrected chi connectivity index (χ1v) is 8.08. The molecule has 2 atom stereocenters. The van der Waals surface area contributed by atoms with Crippen LogP contribution in [-0.4, -0.2) is 12.2 Å². The number of hydrazine groups is 1. The molecule has 3 rings (SSSR count). The molecule has 0 amide bonds. The van der Waals surface area contributed by atoms with Crippen molar-refractivity contribution in [2.75, 3.05) is 12.3 Å². The summed E-state index contributed by atoms with van der Waals surface area (Å²) in [7, 11) is 0. The molecule has 0 aromatic heterocycles. The van der Waals surface area contributed by atoms with Crippen LogP contribution in [0.3, 0.4) is 0 Å². The predicted molar refractivity (Wildman–Crippen MR) is 83.9 cm³/mol. The van der Waals surface area contributed by atoms with E-state index in [4.69, 9.17) is 16.3 Å². The Balaban J connectivity index is 1.83. The van der Waals surface area contributed by atoms with Crippen LogP contribution in [0.2, 0.25) is 0 Å². The van der Waals surface area contributed by atoms with Gasteiger partial charge in [-0.15, -0.1) is 0 Å². The van der Waals surface area contributed by atoms with Crippen LogP contribution in [0.15, 0.2) is 22.7 Å². The highest BCUT2D eigenvalue weighted by Gasteiger charge is 2.44. The Morgan fingerprint density at radius 3 is 2.85 bits per heavy atom. The van der Waals surface area contributed by atoms with Crippen molar-refractivity contribution in [3.63, 3.8) is 0 Å². The lowest BCUT2D eigenvalue weighted by Gasteiger charge is -2.48. The van der Waals surface area contributed by atoms with Crippen LogP contribution in [0.5, 0.6) is 0 Å². The zero-order valence-corrected chi connectivity index (χ0v) is 13.2. The molecule has 1 saturated heterocycles. The van der Waals surface area contributed by atoms with Crippen molar-refractivity contribution in [3.8, 4) is 0 Å². The molecule has 1 spiro atoms. The second kappa shape index (κ2) is 5.64. The fourth-order valence-electron chi connectivity index (χ4n) is 3.56. The number of benzene rings is 1. The Kier molecular flexibility index (Phi) is 4.04. The van der Waals surface area contributed by atoms with Gasteiger partial charge in [0, 0.05) is 16.8 Å². The summed E-state index contributed by atoms with van der Waals surface area (Å²) in [6.45, 7) is 0.830. The van der Waals surface area contributed by atoms with E-state index in [1.165, 1.54) is 19.3 Å². The minimum Gasteiger partial charge on any atom is -0.398 e. The second-order valence-electron chi connectivity index (χ2n) is 6.06. The largest absolute Gasteiger partial charge is 0.398 e. The fraction of sp³-hybridized carbons (Fsp3) is 0.600. The number of nitrogens with two attached hydrogens (primary N) is 2. The molecule has 1 aromatic rings. The first-order valence-electron chi connectivity index (χ1n) is 7.29. The molecular formula is C15H22BrN3O. The van der Waals surface area contributed by atoms with E-state index in [1.807, 2.05) is 12.1 Å². The van der Waals surface area contributed by atoms with Crippen LogP contribution in [-0.2, 0) is 4.74 Å². The van der Waals surface area contributed by atoms with Gasteiger partial charge in [-0.3, -0.25) is 11.3 Å². The van der Waals surface area contributed by atoms with Crippen LogP contribution in [0.4, 0.5) is 5.69 Å². The first-order chi connectivity index (χ1) is 9.63. The standard InChI is InChI=1S/C15H22BrN3O/c16-11-2-3-13(17)12(8-11)14(19-18)10-4-7-20-15(9-10)5-1-6-15/h2-3,8,10,14,19H,1,4-7,9,17-18H2. The number of ether oxygens (including phenoxy) is 1. The Morgan fingerprint density at radius 2 is 2.20 bits per heavy atom. The molecule has 2 aliphatic rings. The van der Waals surface area contributed by atoms with Crippen LogP contribution >= 0.6 is 15.9 Å². The molecule has 0 bridgehead atoms. The summed E-state index contributed by atoms with van der Waals surface area (Å²) in [5.41, 5.74) is 11.1. The van der Waals surface area contributed by atoms with Crippen molar-refractivity contribution in [3.05, 3.63) is 28.2 Å². The monoisotopic (exact) mass is 339 g/mol. The van der Waals surface area contributed by atoms with Gasteiger partial charge in [0.25, 0.3) is 0 Å². The second-order valence-corrected chi connectivity index (χ2v) is 6.97. The maximum Gasteiger partial charge on any atom is 0.0686 e. The summed E-state index contributed by atoms with van der Waals surface area (Å²) in [5.74, 6) is 6.32. The normalized spacial score (nSPS) is 26.2. The summed E-state index contributed by atoms with van der Waals surface area (Å²) in [6.07, 6.45) is 5.77. The zero-order chi connectivity index (χ0) is 14.2. The Labute approximate surface area is 128 Å². The third-order valence-corrected chi connectivity index (χ3v) is 5.32. The molecule has 4 nitrogen and oxygen atoms in total. The third-order valence-electron chi connectivity index (χ3n) is 4.83. The average molecular weight is 340 g/mol. The predicted octanol–water partition coefficient (Wildman–Crippen LogP) is 2.89. The van der Waals surface area contributed by atoms with E-state index in [2.05, 4.69) is 27.4 Å². The van der Waals surface area contributed by atoms with Crippen molar-refractivity contribution < 1.29 is 4.74 Å². The van der Waals surface area contributed by atoms with E-state index in [9.17, 15) is 0 Å². The number of hydrogen-bond donors (Lipinski definition) is 3. The van der Waals surface area contributed by atoms with E-state index in [0.717, 1.165) is 35.2 Å². The molecule has 1 saturated carbocycles. The van der Waals surface area contributed by atoms with Gasteiger partial charge in [0.1, 0.15) is 0 Å². The molecule has 1 aliphatic heterocycles. The van der Waals surface area contributed by atoms with Crippen molar-refractivity contribution in [2.24, 2.45) is 11.8 Å². The van der Waals surface area contributed by atoms with Gasteiger partial charge in [-0.1, -0.05) is 15.9 Å². The summed E-state index contributed by atoms with van der Waals surface area (Å²) in [6, 6.07) is 6.06. The van der Waals surface area contributed by atoms with Crippen LogP contribution in [0, 0.1) is 5.92 Å². The minimum atomic E-state index is 0.0916. The molecule has 0 radical (unpaired) electrons. The fourth-order valence-corrected chi connectivity index (χ4v) is 3.94. The molecule has 110 valence electrons. The maximum atomic E-state index is 6.14. The van der Waals surface area contributed by atoms with Gasteiger partial charge >= 0.3 is 0 Å². The molecule has 1 aromatic carbocycles. The summed E-state index contributed by atoms with van der Waals surface area (Å²) < 4.78 is 7.04. The van der Waals surface area contributed by atoms with E-state index in [1.54, 1.807) is 0 Å². The molecule has 20 heavy (non-hydrogen) atoms. The van der Waals surface area contributed by atoms with E-state index < -0.39 is 0 Å². The molecule has 2 unspecified atom stereocenters. The van der Waals surface area contributed by atoms with Gasteiger partial charge < -0.3 is 10.5 Å². The summed E-state index contributed by atoms with van der Waals surface area (Å²) in [4.78, 5) is 0. The highest BCUT2D eigenvalue weighted by molar-refractivity contribution is 9.10. The molecule has 1 aliphatic carbocycles. The van der Waals surface area contributed by atoms with E-state index in [0.29, 0.717) is 5.92 Å². The van der Waals surface area contributed by atoms with Crippen molar-refractivity contribution >= 4 is 21.6 Å². The molecule has 5 N–H and O–H groups in total. The van der Waals surface area contributed by atoms with Gasteiger partial charge in [0.15, 0.2) is 0 Å². The van der Waals surface area contributed by atoms with Crippen molar-refractivity contribution in [2.45, 2.75) is 43.7 Å². The summed E-state index contributed by atoms with van der Waals surface area (Å²) in [5, 5.41) is 0. The average Bonchev–Trinajstić information content (AvgIpc) is 2.42. The SMILES string of the molecule is NNC(c1cc(Br)ccc1N)C1CCOC2(CCC2)C1. The van der Waals surface area contributed by atoms with Crippen LogP contribution in [0.1, 0.15) is 43.7 Å². The minimum absolute atomic E-state index is 0.0916. The van der Waals surface area contributed by atoms with Gasteiger partial charge in [-0.2, -0.15) is 0 Å². The number of nitrogen functional groups attached to an aromatic ring is 1. The number of rotatable bonds is 3. The lowest BCUT2D eigenvalue weighted by Crippen LogP contribution is -2.48. The zero-order valence-electron chi connectivity index (χ0n) is 11.6. The van der Waals surface area contributed by atoms with Crippen molar-refractivity contribution in [1.82, 2.24) is 5.43 Å². The number of anilines is 1. The number of nitrogens with one attached hydrogen (secondary N) is 1. The van der Waals surface area contributed by atoms with E-state index in [-0.39, 0.29) is 11.6 Å². The Hall–Kier alpha value is -0.620. The molecule has 2 fully saturated rings. The molecule has 5 heteroatoms. The van der Waals surface area contributed by atoms with Crippen LogP contribution < -0.4 is 17.0 Å². The van der Waals surface area contributed by atoms with Gasteiger partial charge in [-0.05, 0) is 61.8 Å². The number of hydrogen-bond acceptors (Lipinski definition) is 4. The molecular weight excluding hydrogens is 318 g/mol. The summed E-state index contributed by atoms with van der Waals surface area (Å²) >= 11 is 3.52. The van der Waals surface area contributed by atoms with E-state index >= 15 is 0 Å². The number of halogens is 1. The highest BCUT2D eigenvalue weighted by atomic mass is 79.9. The van der Waals surface area contributed by atoms with Gasteiger partial charge in [-0.25, -0.2) is 0 Å². The molecule has 1 heterocycles. The third kappa shape index (κ3) is 2.60. The first kappa shape index (κ1) is 14.3.